The van der Waals surface area contributed by atoms with Crippen molar-refractivity contribution in [1.82, 2.24) is 0 Å². The van der Waals surface area contributed by atoms with Crippen molar-refractivity contribution in [2.45, 2.75) is 46.8 Å². The first-order valence-corrected chi connectivity index (χ1v) is 11.9. The van der Waals surface area contributed by atoms with Crippen LogP contribution in [0.2, 0.25) is 0 Å². The smallest absolute Gasteiger partial charge is 0.115 e. The van der Waals surface area contributed by atoms with Crippen LogP contribution in [0.3, 0.4) is 0 Å². The normalized spacial score (nSPS) is 18.8. The highest BCUT2D eigenvalue weighted by molar-refractivity contribution is 8.14. The zero-order valence-corrected chi connectivity index (χ0v) is 18.6. The molecule has 144 valence electrons. The molecule has 2 nitrogen and oxygen atoms in total. The Morgan fingerprint density at radius 1 is 0.963 bits per heavy atom. The first kappa shape index (κ1) is 20.6. The summed E-state index contributed by atoms with van der Waals surface area (Å²) in [5.74, 6) is 1.64. The van der Waals surface area contributed by atoms with Gasteiger partial charge in [-0.05, 0) is 11.3 Å². The maximum atomic E-state index is 6.91. The molecule has 0 N–H and O–H groups in total. The van der Waals surface area contributed by atoms with E-state index >= 15 is 0 Å². The molecule has 0 aromatic heterocycles. The molecular formula is C23H30NOPS. The van der Waals surface area contributed by atoms with E-state index in [-0.39, 0.29) is 11.5 Å². The van der Waals surface area contributed by atoms with E-state index in [1.807, 2.05) is 11.8 Å². The number of rotatable bonds is 6. The van der Waals surface area contributed by atoms with E-state index < -0.39 is 8.15 Å². The molecule has 1 aliphatic heterocycles. The quantitative estimate of drug-likeness (QED) is 0.587. The summed E-state index contributed by atoms with van der Waals surface area (Å²) < 4.78 is 6.91. The first-order valence-electron chi connectivity index (χ1n) is 9.64. The van der Waals surface area contributed by atoms with Gasteiger partial charge >= 0.3 is 0 Å². The SMILES string of the molecule is CC(C)[C@H]1CSC([C@@H](OP(c2ccccc2)c2ccccc2)C(C)(C)C)=N1. The highest BCUT2D eigenvalue weighted by atomic mass is 32.2. The van der Waals surface area contributed by atoms with Crippen molar-refractivity contribution in [3.8, 4) is 0 Å². The predicted molar refractivity (Wildman–Crippen MR) is 122 cm³/mol. The predicted octanol–water partition coefficient (Wildman–Crippen LogP) is 5.64. The molecule has 0 radical (unpaired) electrons. The highest BCUT2D eigenvalue weighted by Crippen LogP contribution is 2.43. The van der Waals surface area contributed by atoms with Crippen molar-refractivity contribution in [3.05, 3.63) is 60.7 Å². The Kier molecular flexibility index (Phi) is 6.78. The molecule has 0 saturated heterocycles. The average Bonchev–Trinajstić information content (AvgIpc) is 3.13. The Labute approximate surface area is 169 Å². The van der Waals surface area contributed by atoms with Gasteiger partial charge in [0.05, 0.1) is 19.2 Å². The number of nitrogens with zero attached hydrogens (tertiary/aromatic N) is 1. The first-order chi connectivity index (χ1) is 12.9. The van der Waals surface area contributed by atoms with E-state index in [0.29, 0.717) is 12.0 Å². The molecule has 2 aromatic rings. The van der Waals surface area contributed by atoms with Gasteiger partial charge < -0.3 is 4.52 Å². The van der Waals surface area contributed by atoms with E-state index in [0.717, 1.165) is 5.75 Å². The largest absolute Gasteiger partial charge is 0.339 e. The van der Waals surface area contributed by atoms with Crippen LogP contribution in [0.5, 0.6) is 0 Å². The second kappa shape index (κ2) is 8.90. The van der Waals surface area contributed by atoms with E-state index in [2.05, 4.69) is 95.3 Å². The summed E-state index contributed by atoms with van der Waals surface area (Å²) in [7, 11) is -0.894. The molecule has 3 rings (SSSR count). The van der Waals surface area contributed by atoms with Gasteiger partial charge in [-0.15, -0.1) is 11.8 Å². The summed E-state index contributed by atoms with van der Waals surface area (Å²) in [6.45, 7) is 11.3. The van der Waals surface area contributed by atoms with Crippen LogP contribution in [0.4, 0.5) is 0 Å². The summed E-state index contributed by atoms with van der Waals surface area (Å²) in [5.41, 5.74) is -0.0121. The fourth-order valence-electron chi connectivity index (χ4n) is 2.97. The molecule has 0 aliphatic carbocycles. The molecule has 0 spiro atoms. The van der Waals surface area contributed by atoms with E-state index in [1.165, 1.54) is 15.7 Å². The Hall–Kier alpha value is -1.15. The van der Waals surface area contributed by atoms with E-state index in [9.17, 15) is 0 Å². The number of aliphatic imine (C=N–C) groups is 1. The number of hydrogen-bond donors (Lipinski definition) is 0. The van der Waals surface area contributed by atoms with Crippen LogP contribution in [0.15, 0.2) is 65.7 Å². The van der Waals surface area contributed by atoms with Gasteiger partial charge in [0, 0.05) is 16.4 Å². The van der Waals surface area contributed by atoms with Crippen molar-refractivity contribution in [2.75, 3.05) is 5.75 Å². The van der Waals surface area contributed by atoms with Crippen LogP contribution in [-0.2, 0) is 4.52 Å². The van der Waals surface area contributed by atoms with Gasteiger partial charge in [-0.2, -0.15) is 0 Å². The molecule has 0 fully saturated rings. The van der Waals surface area contributed by atoms with Crippen molar-refractivity contribution >= 4 is 35.6 Å². The minimum atomic E-state index is -0.894. The van der Waals surface area contributed by atoms with Crippen molar-refractivity contribution in [2.24, 2.45) is 16.3 Å². The lowest BCUT2D eigenvalue weighted by Gasteiger charge is -2.34. The van der Waals surface area contributed by atoms with Gasteiger partial charge in [0.1, 0.15) is 6.10 Å². The Morgan fingerprint density at radius 3 is 1.89 bits per heavy atom. The summed E-state index contributed by atoms with van der Waals surface area (Å²) in [4.78, 5) is 5.06. The van der Waals surface area contributed by atoms with Gasteiger partial charge in [-0.1, -0.05) is 95.3 Å². The maximum absolute atomic E-state index is 6.91. The Balaban J connectivity index is 1.95. The van der Waals surface area contributed by atoms with E-state index in [1.54, 1.807) is 0 Å². The average molecular weight is 400 g/mol. The van der Waals surface area contributed by atoms with Crippen molar-refractivity contribution < 1.29 is 4.52 Å². The number of hydrogen-bond acceptors (Lipinski definition) is 3. The summed E-state index contributed by atoms with van der Waals surface area (Å²) >= 11 is 1.88. The van der Waals surface area contributed by atoms with Crippen LogP contribution < -0.4 is 10.6 Å². The van der Waals surface area contributed by atoms with Crippen LogP contribution in [0.25, 0.3) is 0 Å². The summed E-state index contributed by atoms with van der Waals surface area (Å²) in [5, 5.41) is 3.66. The molecule has 2 aromatic carbocycles. The van der Waals surface area contributed by atoms with Crippen LogP contribution in [-0.4, -0.2) is 22.9 Å². The highest BCUT2D eigenvalue weighted by Gasteiger charge is 2.37. The zero-order valence-electron chi connectivity index (χ0n) is 16.9. The molecule has 4 heteroatoms. The van der Waals surface area contributed by atoms with Gasteiger partial charge in [0.25, 0.3) is 0 Å². The Bertz CT molecular complexity index is 715. The number of thioether (sulfide) groups is 1. The second-order valence-corrected chi connectivity index (χ2v) is 11.3. The van der Waals surface area contributed by atoms with Gasteiger partial charge in [0.15, 0.2) is 0 Å². The molecule has 27 heavy (non-hydrogen) atoms. The molecule has 0 amide bonds. The maximum Gasteiger partial charge on any atom is 0.115 e. The third kappa shape index (κ3) is 5.22. The van der Waals surface area contributed by atoms with Crippen LogP contribution in [0, 0.1) is 11.3 Å². The molecule has 2 atom stereocenters. The van der Waals surface area contributed by atoms with Crippen molar-refractivity contribution in [3.63, 3.8) is 0 Å². The molecule has 1 heterocycles. The molecular weight excluding hydrogens is 369 g/mol. The summed E-state index contributed by atoms with van der Waals surface area (Å²) in [6, 6.07) is 21.6. The second-order valence-electron chi connectivity index (χ2n) is 8.41. The third-order valence-corrected chi connectivity index (χ3v) is 7.75. The topological polar surface area (TPSA) is 21.6 Å². The van der Waals surface area contributed by atoms with Crippen LogP contribution in [0.1, 0.15) is 34.6 Å². The third-order valence-electron chi connectivity index (χ3n) is 4.67. The zero-order chi connectivity index (χ0) is 19.4. The fraction of sp³-hybridized carbons (Fsp3) is 0.435. The van der Waals surface area contributed by atoms with Gasteiger partial charge in [-0.25, -0.2) is 0 Å². The lowest BCUT2D eigenvalue weighted by molar-refractivity contribution is 0.167. The van der Waals surface area contributed by atoms with Gasteiger partial charge in [-0.3, -0.25) is 4.99 Å². The van der Waals surface area contributed by atoms with Crippen molar-refractivity contribution in [1.29, 1.82) is 0 Å². The minimum absolute atomic E-state index is 0.00206. The standard InChI is InChI=1S/C23H30NOPS/c1-17(2)20-16-27-22(24-20)21(23(3,4)5)25-26(18-12-8-6-9-13-18)19-14-10-7-11-15-19/h6-15,17,20-21H,16H2,1-5H3/t20-,21-/m1/s1. The van der Waals surface area contributed by atoms with Gasteiger partial charge in [0.2, 0.25) is 0 Å². The minimum Gasteiger partial charge on any atom is -0.339 e. The number of benzene rings is 2. The molecule has 0 bridgehead atoms. The van der Waals surface area contributed by atoms with E-state index in [4.69, 9.17) is 9.52 Å². The Morgan fingerprint density at radius 2 is 1.48 bits per heavy atom. The lowest BCUT2D eigenvalue weighted by atomic mass is 9.90. The monoisotopic (exact) mass is 399 g/mol. The van der Waals surface area contributed by atoms with Crippen LogP contribution >= 0.6 is 19.9 Å². The molecule has 0 unspecified atom stereocenters. The molecule has 1 aliphatic rings. The lowest BCUT2D eigenvalue weighted by Crippen LogP contribution is -2.36. The molecule has 0 saturated carbocycles. The summed E-state index contributed by atoms with van der Waals surface area (Å²) in [6.07, 6.45) is -0.00206. The fourth-order valence-corrected chi connectivity index (χ4v) is 6.66.